The zero-order valence-electron chi connectivity index (χ0n) is 10.2. The maximum atomic E-state index is 9.15. The molecule has 0 saturated heterocycles. The Bertz CT molecular complexity index is 457. The minimum atomic E-state index is -0.580. The Morgan fingerprint density at radius 3 is 2.65 bits per heavy atom. The van der Waals surface area contributed by atoms with Crippen LogP contribution in [0.5, 0.6) is 17.2 Å². The molecule has 1 aliphatic heterocycles. The molecule has 0 radical (unpaired) electrons. The van der Waals surface area contributed by atoms with Crippen LogP contribution in [0.15, 0.2) is 12.1 Å². The van der Waals surface area contributed by atoms with E-state index in [9.17, 15) is 0 Å². The Morgan fingerprint density at radius 2 is 2.00 bits per heavy atom. The van der Waals surface area contributed by atoms with Crippen molar-refractivity contribution in [3.63, 3.8) is 0 Å². The van der Waals surface area contributed by atoms with Gasteiger partial charge in [0.15, 0.2) is 11.5 Å². The van der Waals surface area contributed by atoms with Crippen molar-refractivity contribution in [2.24, 2.45) is 0 Å². The molecule has 0 spiro atoms. The van der Waals surface area contributed by atoms with Crippen molar-refractivity contribution >= 4 is 0 Å². The minimum Gasteiger partial charge on any atom is -0.493 e. The summed E-state index contributed by atoms with van der Waals surface area (Å²) in [5, 5.41) is 9.15. The quantitative estimate of drug-likeness (QED) is 0.786. The van der Waals surface area contributed by atoms with Crippen LogP contribution in [0.1, 0.15) is 19.4 Å². The van der Waals surface area contributed by atoms with E-state index in [0.717, 1.165) is 5.56 Å². The van der Waals surface area contributed by atoms with Crippen molar-refractivity contribution in [3.8, 4) is 23.3 Å². The SMILES string of the molecule is COc1cc(C(C)(C)C#N)cc2c1OCCO2. The van der Waals surface area contributed by atoms with E-state index in [2.05, 4.69) is 6.07 Å². The number of benzene rings is 1. The second-order valence-corrected chi connectivity index (χ2v) is 4.44. The molecule has 0 atom stereocenters. The van der Waals surface area contributed by atoms with E-state index in [4.69, 9.17) is 19.5 Å². The molecule has 0 aliphatic carbocycles. The molecular formula is C13H15NO3. The van der Waals surface area contributed by atoms with Gasteiger partial charge < -0.3 is 14.2 Å². The lowest BCUT2D eigenvalue weighted by molar-refractivity contribution is 0.164. The van der Waals surface area contributed by atoms with Gasteiger partial charge in [0.2, 0.25) is 5.75 Å². The minimum absolute atomic E-state index is 0.518. The molecule has 1 aromatic rings. The summed E-state index contributed by atoms with van der Waals surface area (Å²) in [5.41, 5.74) is 0.282. The average molecular weight is 233 g/mol. The van der Waals surface area contributed by atoms with Gasteiger partial charge in [0.05, 0.1) is 18.6 Å². The lowest BCUT2D eigenvalue weighted by atomic mass is 9.86. The second-order valence-electron chi connectivity index (χ2n) is 4.44. The van der Waals surface area contributed by atoms with E-state index in [1.54, 1.807) is 7.11 Å². The van der Waals surface area contributed by atoms with Gasteiger partial charge in [-0.1, -0.05) is 0 Å². The predicted octanol–water partition coefficient (Wildman–Crippen LogP) is 2.27. The van der Waals surface area contributed by atoms with Crippen molar-refractivity contribution in [3.05, 3.63) is 17.7 Å². The van der Waals surface area contributed by atoms with E-state index in [-0.39, 0.29) is 0 Å². The fraction of sp³-hybridized carbons (Fsp3) is 0.462. The van der Waals surface area contributed by atoms with E-state index < -0.39 is 5.41 Å². The smallest absolute Gasteiger partial charge is 0.203 e. The van der Waals surface area contributed by atoms with E-state index >= 15 is 0 Å². The first-order valence-corrected chi connectivity index (χ1v) is 5.48. The highest BCUT2D eigenvalue weighted by Crippen LogP contribution is 2.42. The number of fused-ring (bicyclic) bond motifs is 1. The molecule has 4 heteroatoms. The summed E-state index contributed by atoms with van der Waals surface area (Å²) < 4.78 is 16.3. The molecule has 2 rings (SSSR count). The molecule has 0 aromatic heterocycles. The first-order chi connectivity index (χ1) is 8.08. The Kier molecular flexibility index (Phi) is 2.84. The van der Waals surface area contributed by atoms with Crippen LogP contribution in [-0.2, 0) is 5.41 Å². The maximum absolute atomic E-state index is 9.15. The Balaban J connectivity index is 2.55. The van der Waals surface area contributed by atoms with Crippen molar-refractivity contribution in [2.45, 2.75) is 19.3 Å². The Hall–Kier alpha value is -1.89. The Morgan fingerprint density at radius 1 is 1.29 bits per heavy atom. The van der Waals surface area contributed by atoms with Gasteiger partial charge in [-0.2, -0.15) is 5.26 Å². The van der Waals surface area contributed by atoms with Gasteiger partial charge in [-0.05, 0) is 31.5 Å². The van der Waals surface area contributed by atoms with Crippen LogP contribution < -0.4 is 14.2 Å². The van der Waals surface area contributed by atoms with E-state index in [0.29, 0.717) is 30.5 Å². The number of methoxy groups -OCH3 is 1. The van der Waals surface area contributed by atoms with Crippen LogP contribution >= 0.6 is 0 Å². The zero-order valence-corrected chi connectivity index (χ0v) is 10.2. The molecule has 1 aliphatic rings. The highest BCUT2D eigenvalue weighted by atomic mass is 16.6. The van der Waals surface area contributed by atoms with E-state index in [1.807, 2.05) is 26.0 Å². The van der Waals surface area contributed by atoms with Crippen LogP contribution in [0.25, 0.3) is 0 Å². The van der Waals surface area contributed by atoms with Crippen LogP contribution in [0.4, 0.5) is 0 Å². The third kappa shape index (κ3) is 2.01. The molecule has 0 amide bonds. The van der Waals surface area contributed by atoms with Gasteiger partial charge >= 0.3 is 0 Å². The van der Waals surface area contributed by atoms with E-state index in [1.165, 1.54) is 0 Å². The summed E-state index contributed by atoms with van der Waals surface area (Å²) in [5.74, 6) is 1.88. The summed E-state index contributed by atoms with van der Waals surface area (Å²) in [7, 11) is 1.58. The fourth-order valence-electron chi connectivity index (χ4n) is 1.70. The third-order valence-corrected chi connectivity index (χ3v) is 2.83. The van der Waals surface area contributed by atoms with Gasteiger partial charge in [-0.25, -0.2) is 0 Å². The topological polar surface area (TPSA) is 51.5 Å². The maximum Gasteiger partial charge on any atom is 0.203 e. The molecule has 0 unspecified atom stereocenters. The lowest BCUT2D eigenvalue weighted by Gasteiger charge is -2.24. The second kappa shape index (κ2) is 4.17. The van der Waals surface area contributed by atoms with Gasteiger partial charge in [0, 0.05) is 0 Å². The highest BCUT2D eigenvalue weighted by Gasteiger charge is 2.26. The van der Waals surface area contributed by atoms with Crippen LogP contribution in [0.3, 0.4) is 0 Å². The summed E-state index contributed by atoms with van der Waals surface area (Å²) in [6.45, 7) is 4.76. The molecular weight excluding hydrogens is 218 g/mol. The molecule has 1 heterocycles. The molecule has 0 N–H and O–H groups in total. The number of nitrogens with zero attached hydrogens (tertiary/aromatic N) is 1. The molecule has 0 bridgehead atoms. The number of hydrogen-bond donors (Lipinski definition) is 0. The van der Waals surface area contributed by atoms with Crippen molar-refractivity contribution < 1.29 is 14.2 Å². The van der Waals surface area contributed by atoms with Gasteiger partial charge in [-0.3, -0.25) is 0 Å². The molecule has 90 valence electrons. The molecule has 4 nitrogen and oxygen atoms in total. The van der Waals surface area contributed by atoms with Crippen molar-refractivity contribution in [2.75, 3.05) is 20.3 Å². The van der Waals surface area contributed by atoms with Gasteiger partial charge in [0.25, 0.3) is 0 Å². The number of hydrogen-bond acceptors (Lipinski definition) is 4. The lowest BCUT2D eigenvalue weighted by Crippen LogP contribution is -2.19. The third-order valence-electron chi connectivity index (χ3n) is 2.83. The van der Waals surface area contributed by atoms with Crippen LogP contribution in [0, 0.1) is 11.3 Å². The largest absolute Gasteiger partial charge is 0.493 e. The number of rotatable bonds is 2. The van der Waals surface area contributed by atoms with Crippen LogP contribution in [-0.4, -0.2) is 20.3 Å². The monoisotopic (exact) mass is 233 g/mol. The zero-order chi connectivity index (χ0) is 12.5. The summed E-state index contributed by atoms with van der Waals surface area (Å²) in [6.07, 6.45) is 0. The first-order valence-electron chi connectivity index (χ1n) is 5.48. The highest BCUT2D eigenvalue weighted by molar-refractivity contribution is 5.56. The molecule has 0 fully saturated rings. The summed E-state index contributed by atoms with van der Waals surface area (Å²) in [4.78, 5) is 0. The summed E-state index contributed by atoms with van der Waals surface area (Å²) >= 11 is 0. The Labute approximate surface area is 101 Å². The van der Waals surface area contributed by atoms with Crippen LogP contribution in [0.2, 0.25) is 0 Å². The molecule has 1 aromatic carbocycles. The standard InChI is InChI=1S/C13H15NO3/c1-13(2,8-14)9-6-10(15-3)12-11(7-9)16-4-5-17-12/h6-7H,4-5H2,1-3H3. The fourth-order valence-corrected chi connectivity index (χ4v) is 1.70. The van der Waals surface area contributed by atoms with Crippen molar-refractivity contribution in [1.82, 2.24) is 0 Å². The molecule has 17 heavy (non-hydrogen) atoms. The number of nitriles is 1. The summed E-state index contributed by atoms with van der Waals surface area (Å²) in [6, 6.07) is 5.94. The predicted molar refractivity (Wildman–Crippen MR) is 62.6 cm³/mol. The molecule has 0 saturated carbocycles. The normalized spacial score (nSPS) is 14.0. The van der Waals surface area contributed by atoms with Gasteiger partial charge in [0.1, 0.15) is 13.2 Å². The van der Waals surface area contributed by atoms with Gasteiger partial charge in [-0.15, -0.1) is 0 Å². The van der Waals surface area contributed by atoms with Crippen molar-refractivity contribution in [1.29, 1.82) is 5.26 Å². The first kappa shape index (κ1) is 11.6. The average Bonchev–Trinajstić information content (AvgIpc) is 2.37. The number of ether oxygens (including phenoxy) is 3.